The molecule has 4 rings (SSSR count). The van der Waals surface area contributed by atoms with E-state index in [9.17, 15) is 5.11 Å². The molecule has 0 aliphatic carbocycles. The van der Waals surface area contributed by atoms with Crippen molar-refractivity contribution in [1.82, 2.24) is 9.97 Å². The zero-order valence-corrected chi connectivity index (χ0v) is 10.8. The fourth-order valence-corrected chi connectivity index (χ4v) is 2.74. The first-order valence-corrected chi connectivity index (χ1v) is 6.64. The third kappa shape index (κ3) is 1.54. The number of hydrogen-bond acceptors (Lipinski definition) is 4. The normalized spacial score (nSPS) is 13.7. The molecule has 3 aromatic rings. The number of aromatic nitrogens is 2. The van der Waals surface area contributed by atoms with Crippen molar-refractivity contribution in [3.8, 4) is 5.75 Å². The van der Waals surface area contributed by atoms with Gasteiger partial charge in [-0.25, -0.2) is 4.98 Å². The minimum atomic E-state index is 0.268. The molecule has 1 N–H and O–H groups in total. The highest BCUT2D eigenvalue weighted by Gasteiger charge is 2.26. The van der Waals surface area contributed by atoms with Gasteiger partial charge in [-0.1, -0.05) is 18.2 Å². The van der Waals surface area contributed by atoms with Crippen molar-refractivity contribution in [2.45, 2.75) is 6.42 Å². The van der Waals surface area contributed by atoms with Gasteiger partial charge < -0.3 is 10.0 Å². The van der Waals surface area contributed by atoms with Crippen molar-refractivity contribution in [1.29, 1.82) is 0 Å². The number of pyridine rings is 2. The molecule has 4 heteroatoms. The van der Waals surface area contributed by atoms with Crippen LogP contribution in [-0.2, 0) is 6.42 Å². The summed E-state index contributed by atoms with van der Waals surface area (Å²) in [5.41, 5.74) is 3.30. The summed E-state index contributed by atoms with van der Waals surface area (Å²) in [4.78, 5) is 11.0. The summed E-state index contributed by atoms with van der Waals surface area (Å²) in [6.45, 7) is 0.830. The lowest BCUT2D eigenvalue weighted by molar-refractivity contribution is 0.475. The van der Waals surface area contributed by atoms with Crippen molar-refractivity contribution in [3.63, 3.8) is 0 Å². The minimum Gasteiger partial charge on any atom is -0.505 e. The number of aromatic hydroxyl groups is 1. The average molecular weight is 263 g/mol. The zero-order chi connectivity index (χ0) is 13.5. The lowest BCUT2D eigenvalue weighted by Gasteiger charge is -2.18. The second-order valence-electron chi connectivity index (χ2n) is 4.87. The Labute approximate surface area is 116 Å². The number of para-hydroxylation sites is 1. The van der Waals surface area contributed by atoms with Crippen molar-refractivity contribution in [2.24, 2.45) is 0 Å². The predicted octanol–water partition coefficient (Wildman–Crippen LogP) is 3.03. The van der Waals surface area contributed by atoms with Gasteiger partial charge in [-0.05, 0) is 30.7 Å². The second-order valence-corrected chi connectivity index (χ2v) is 4.87. The molecule has 98 valence electrons. The Kier molecular flexibility index (Phi) is 2.36. The van der Waals surface area contributed by atoms with Gasteiger partial charge in [0, 0.05) is 24.0 Å². The monoisotopic (exact) mass is 263 g/mol. The third-order valence-corrected chi connectivity index (χ3v) is 3.70. The molecule has 4 nitrogen and oxygen atoms in total. The van der Waals surface area contributed by atoms with E-state index in [-0.39, 0.29) is 5.75 Å². The molecule has 0 spiro atoms. The van der Waals surface area contributed by atoms with Crippen LogP contribution in [0.1, 0.15) is 5.56 Å². The first-order valence-electron chi connectivity index (χ1n) is 6.64. The van der Waals surface area contributed by atoms with Gasteiger partial charge in [0.2, 0.25) is 0 Å². The molecule has 0 unspecified atom stereocenters. The molecule has 0 saturated carbocycles. The summed E-state index contributed by atoms with van der Waals surface area (Å²) in [7, 11) is 0. The van der Waals surface area contributed by atoms with E-state index in [1.54, 1.807) is 6.20 Å². The third-order valence-electron chi connectivity index (χ3n) is 3.70. The molecule has 1 aliphatic rings. The van der Waals surface area contributed by atoms with E-state index in [1.807, 2.05) is 30.3 Å². The van der Waals surface area contributed by atoms with E-state index in [0.717, 1.165) is 35.6 Å². The minimum absolute atomic E-state index is 0.268. The lowest BCUT2D eigenvalue weighted by atomic mass is 10.1. The summed E-state index contributed by atoms with van der Waals surface area (Å²) in [6, 6.07) is 13.8. The molecule has 20 heavy (non-hydrogen) atoms. The van der Waals surface area contributed by atoms with Crippen LogP contribution in [0.25, 0.3) is 11.0 Å². The number of rotatable bonds is 1. The topological polar surface area (TPSA) is 49.3 Å². The smallest absolute Gasteiger partial charge is 0.150 e. The van der Waals surface area contributed by atoms with Crippen molar-refractivity contribution >= 4 is 22.5 Å². The molecule has 0 saturated heterocycles. The molecular weight excluding hydrogens is 250 g/mol. The van der Waals surface area contributed by atoms with Crippen molar-refractivity contribution in [2.75, 3.05) is 11.4 Å². The average Bonchev–Trinajstić information content (AvgIpc) is 2.92. The Bertz CT molecular complexity index is 786. The van der Waals surface area contributed by atoms with Crippen LogP contribution >= 0.6 is 0 Å². The summed E-state index contributed by atoms with van der Waals surface area (Å²) in [5.74, 6) is 1.11. The van der Waals surface area contributed by atoms with Crippen LogP contribution in [0, 0.1) is 0 Å². The van der Waals surface area contributed by atoms with E-state index >= 15 is 0 Å². The van der Waals surface area contributed by atoms with Crippen LogP contribution in [0.5, 0.6) is 5.75 Å². The molecule has 3 heterocycles. The first-order chi connectivity index (χ1) is 9.84. The second kappa shape index (κ2) is 4.20. The molecule has 1 aromatic carbocycles. The van der Waals surface area contributed by atoms with E-state index < -0.39 is 0 Å². The largest absolute Gasteiger partial charge is 0.505 e. The Morgan fingerprint density at radius 2 is 1.90 bits per heavy atom. The number of anilines is 2. The first kappa shape index (κ1) is 11.2. The quantitative estimate of drug-likeness (QED) is 0.733. The van der Waals surface area contributed by atoms with Gasteiger partial charge in [0.25, 0.3) is 0 Å². The zero-order valence-electron chi connectivity index (χ0n) is 10.8. The number of hydrogen-bond donors (Lipinski definition) is 1. The maximum atomic E-state index is 10.4. The van der Waals surface area contributed by atoms with E-state index in [2.05, 4.69) is 27.0 Å². The molecule has 2 aromatic heterocycles. The van der Waals surface area contributed by atoms with Crippen LogP contribution < -0.4 is 4.90 Å². The summed E-state index contributed by atoms with van der Waals surface area (Å²) >= 11 is 0. The fraction of sp³-hybridized carbons (Fsp3) is 0.125. The van der Waals surface area contributed by atoms with Gasteiger partial charge in [-0.2, -0.15) is 0 Å². The standard InChI is InChI=1S/C16H13N3O/c20-15-12-8-10-19(11-5-2-1-3-6-11)16(12)18-13-7-4-9-17-14(13)15/h1-7,9H,8,10H2,(H,18,20). The highest BCUT2D eigenvalue weighted by molar-refractivity contribution is 5.87. The van der Waals surface area contributed by atoms with Gasteiger partial charge in [0.1, 0.15) is 17.1 Å². The molecule has 0 atom stereocenters. The van der Waals surface area contributed by atoms with Crippen LogP contribution in [-0.4, -0.2) is 21.6 Å². The highest BCUT2D eigenvalue weighted by Crippen LogP contribution is 2.40. The number of fused-ring (bicyclic) bond motifs is 2. The maximum absolute atomic E-state index is 10.4. The Hall–Kier alpha value is -2.62. The van der Waals surface area contributed by atoms with E-state index in [1.165, 1.54) is 0 Å². The molecular formula is C16H13N3O. The molecule has 0 amide bonds. The van der Waals surface area contributed by atoms with Gasteiger partial charge in [0.15, 0.2) is 0 Å². The molecule has 0 radical (unpaired) electrons. The fourth-order valence-electron chi connectivity index (χ4n) is 2.74. The van der Waals surface area contributed by atoms with Crippen molar-refractivity contribution in [3.05, 3.63) is 54.2 Å². The van der Waals surface area contributed by atoms with Gasteiger partial charge in [0.05, 0.1) is 5.52 Å². The summed E-state index contributed by atoms with van der Waals surface area (Å²) < 4.78 is 0. The van der Waals surface area contributed by atoms with Gasteiger partial charge in [-0.15, -0.1) is 0 Å². The van der Waals surface area contributed by atoms with E-state index in [4.69, 9.17) is 0 Å². The lowest BCUT2D eigenvalue weighted by Crippen LogP contribution is -2.14. The molecule has 0 bridgehead atoms. The highest BCUT2D eigenvalue weighted by atomic mass is 16.3. The van der Waals surface area contributed by atoms with Crippen LogP contribution in [0.15, 0.2) is 48.7 Å². The van der Waals surface area contributed by atoms with Crippen LogP contribution in [0.3, 0.4) is 0 Å². The van der Waals surface area contributed by atoms with Crippen molar-refractivity contribution < 1.29 is 5.11 Å². The Balaban J connectivity index is 1.94. The number of nitrogens with zero attached hydrogens (tertiary/aromatic N) is 3. The SMILES string of the molecule is Oc1c2c(nc3cccnc13)N(c1ccccc1)CC2. The summed E-state index contributed by atoms with van der Waals surface area (Å²) in [5, 5.41) is 10.4. The predicted molar refractivity (Wildman–Crippen MR) is 78.4 cm³/mol. The Morgan fingerprint density at radius 3 is 2.75 bits per heavy atom. The van der Waals surface area contributed by atoms with E-state index in [0.29, 0.717) is 5.52 Å². The van der Waals surface area contributed by atoms with Crippen LogP contribution in [0.2, 0.25) is 0 Å². The maximum Gasteiger partial charge on any atom is 0.150 e. The number of benzene rings is 1. The summed E-state index contributed by atoms with van der Waals surface area (Å²) in [6.07, 6.45) is 2.47. The van der Waals surface area contributed by atoms with Gasteiger partial charge >= 0.3 is 0 Å². The molecule has 1 aliphatic heterocycles. The van der Waals surface area contributed by atoms with Gasteiger partial charge in [-0.3, -0.25) is 4.98 Å². The van der Waals surface area contributed by atoms with Crippen LogP contribution in [0.4, 0.5) is 11.5 Å². The molecule has 0 fully saturated rings. The Morgan fingerprint density at radius 1 is 1.05 bits per heavy atom.